The Balaban J connectivity index is 1.71. The van der Waals surface area contributed by atoms with E-state index in [4.69, 9.17) is 0 Å². The average molecular weight is 419 g/mol. The molecule has 1 aromatic heterocycles. The molecule has 0 saturated carbocycles. The average Bonchev–Trinajstić information content (AvgIpc) is 3.23. The first kappa shape index (κ1) is 20.0. The molecule has 0 aliphatic rings. The fraction of sp³-hybridized carbons (Fsp3) is 0.0690. The van der Waals surface area contributed by atoms with E-state index in [1.54, 1.807) is 12.1 Å². The van der Waals surface area contributed by atoms with Crippen LogP contribution in [0, 0.1) is 5.82 Å². The molecule has 0 saturated heterocycles. The lowest BCUT2D eigenvalue weighted by atomic mass is 9.83. The van der Waals surface area contributed by atoms with Crippen LogP contribution in [0.15, 0.2) is 109 Å². The number of carbonyl (C=O) groups is 1. The van der Waals surface area contributed by atoms with Crippen LogP contribution in [0.5, 0.6) is 0 Å². The molecule has 32 heavy (non-hydrogen) atoms. The van der Waals surface area contributed by atoms with Crippen molar-refractivity contribution < 1.29 is 9.18 Å². The lowest BCUT2D eigenvalue weighted by Gasteiger charge is -2.19. The van der Waals surface area contributed by atoms with Crippen LogP contribution in [0.25, 0.3) is 22.2 Å². The number of aromatic nitrogens is 1. The van der Waals surface area contributed by atoms with E-state index in [0.717, 1.165) is 33.3 Å². The first-order valence-electron chi connectivity index (χ1n) is 10.7. The van der Waals surface area contributed by atoms with E-state index in [2.05, 4.69) is 23.2 Å². The predicted molar refractivity (Wildman–Crippen MR) is 127 cm³/mol. The van der Waals surface area contributed by atoms with Crippen LogP contribution in [0.1, 0.15) is 33.8 Å². The topological polar surface area (TPSA) is 32.9 Å². The Morgan fingerprint density at radius 3 is 2.09 bits per heavy atom. The number of Topliss-reactive ketones (excluding diaryl/α,β-unsaturated/α-hetero) is 1. The molecule has 156 valence electrons. The Labute approximate surface area is 186 Å². The van der Waals surface area contributed by atoms with Crippen molar-refractivity contribution in [3.05, 3.63) is 132 Å². The molecule has 5 aromatic rings. The number of hydrogen-bond donors (Lipinski definition) is 1. The third-order valence-electron chi connectivity index (χ3n) is 5.91. The van der Waals surface area contributed by atoms with Gasteiger partial charge in [0.15, 0.2) is 5.78 Å². The molecular formula is C29H22FNO. The maximum Gasteiger partial charge on any atom is 0.163 e. The van der Waals surface area contributed by atoms with Gasteiger partial charge in [-0.2, -0.15) is 0 Å². The van der Waals surface area contributed by atoms with Crippen molar-refractivity contribution in [1.29, 1.82) is 0 Å². The number of para-hydroxylation sites is 1. The monoisotopic (exact) mass is 419 g/mol. The Morgan fingerprint density at radius 2 is 1.38 bits per heavy atom. The van der Waals surface area contributed by atoms with Gasteiger partial charge >= 0.3 is 0 Å². The van der Waals surface area contributed by atoms with Crippen molar-refractivity contribution >= 4 is 16.7 Å². The van der Waals surface area contributed by atoms with E-state index in [-0.39, 0.29) is 23.9 Å². The number of H-pyrrole nitrogens is 1. The van der Waals surface area contributed by atoms with Crippen molar-refractivity contribution in [2.45, 2.75) is 12.3 Å². The summed E-state index contributed by atoms with van der Waals surface area (Å²) < 4.78 is 13.7. The maximum absolute atomic E-state index is 13.7. The summed E-state index contributed by atoms with van der Waals surface area (Å²) in [4.78, 5) is 16.9. The molecule has 1 heterocycles. The second-order valence-electron chi connectivity index (χ2n) is 7.92. The van der Waals surface area contributed by atoms with Gasteiger partial charge in [-0.1, -0.05) is 91.0 Å². The van der Waals surface area contributed by atoms with Gasteiger partial charge in [-0.3, -0.25) is 4.79 Å². The zero-order chi connectivity index (χ0) is 21.9. The Kier molecular flexibility index (Phi) is 5.39. The Bertz CT molecular complexity index is 1360. The standard InChI is InChI=1S/C29H22FNO/c30-23-17-15-20(16-18-23)25(19-27(32)21-9-3-1-4-10-21)28-24-13-7-8-14-26(24)31-29(28)22-11-5-2-6-12-22/h1-18,25,31H,19H2. The van der Waals surface area contributed by atoms with Crippen molar-refractivity contribution in [3.63, 3.8) is 0 Å². The zero-order valence-corrected chi connectivity index (χ0v) is 17.5. The number of aromatic amines is 1. The molecule has 3 heteroatoms. The van der Waals surface area contributed by atoms with Gasteiger partial charge < -0.3 is 4.98 Å². The number of halogens is 1. The van der Waals surface area contributed by atoms with Crippen LogP contribution < -0.4 is 0 Å². The van der Waals surface area contributed by atoms with Gasteiger partial charge in [0.1, 0.15) is 5.82 Å². The minimum Gasteiger partial charge on any atom is -0.354 e. The predicted octanol–water partition coefficient (Wildman–Crippen LogP) is 7.38. The summed E-state index contributed by atoms with van der Waals surface area (Å²) in [6.07, 6.45) is 0.289. The number of carbonyl (C=O) groups excluding carboxylic acids is 1. The lowest BCUT2D eigenvalue weighted by Crippen LogP contribution is -2.10. The molecule has 0 fully saturated rings. The summed E-state index contributed by atoms with van der Waals surface area (Å²) >= 11 is 0. The summed E-state index contributed by atoms with van der Waals surface area (Å²) in [6.45, 7) is 0. The number of benzene rings is 4. The summed E-state index contributed by atoms with van der Waals surface area (Å²) in [5, 5.41) is 1.07. The highest BCUT2D eigenvalue weighted by molar-refractivity contribution is 5.98. The molecule has 2 nitrogen and oxygen atoms in total. The van der Waals surface area contributed by atoms with E-state index in [9.17, 15) is 9.18 Å². The van der Waals surface area contributed by atoms with E-state index in [1.807, 2.05) is 66.7 Å². The van der Waals surface area contributed by atoms with Gasteiger partial charge in [-0.25, -0.2) is 4.39 Å². The first-order chi connectivity index (χ1) is 15.7. The number of ketones is 1. The third kappa shape index (κ3) is 3.85. The summed E-state index contributed by atoms with van der Waals surface area (Å²) in [7, 11) is 0. The molecule has 0 aliphatic heterocycles. The fourth-order valence-corrected chi connectivity index (χ4v) is 4.37. The van der Waals surface area contributed by atoms with Crippen molar-refractivity contribution in [1.82, 2.24) is 4.98 Å². The second-order valence-corrected chi connectivity index (χ2v) is 7.92. The van der Waals surface area contributed by atoms with Gasteiger partial charge in [0, 0.05) is 28.8 Å². The quantitative estimate of drug-likeness (QED) is 0.286. The first-order valence-corrected chi connectivity index (χ1v) is 10.7. The fourth-order valence-electron chi connectivity index (χ4n) is 4.37. The normalized spacial score (nSPS) is 12.0. The van der Waals surface area contributed by atoms with Crippen LogP contribution in [-0.2, 0) is 0 Å². The summed E-state index contributed by atoms with van der Waals surface area (Å²) in [5.41, 5.74) is 5.71. The molecule has 1 atom stereocenters. The molecule has 0 radical (unpaired) electrons. The van der Waals surface area contributed by atoms with Gasteiger partial charge in [-0.05, 0) is 34.9 Å². The number of rotatable bonds is 6. The van der Waals surface area contributed by atoms with Gasteiger partial charge in [0.2, 0.25) is 0 Å². The smallest absolute Gasteiger partial charge is 0.163 e. The van der Waals surface area contributed by atoms with Crippen molar-refractivity contribution in [2.75, 3.05) is 0 Å². The second kappa shape index (κ2) is 8.64. The summed E-state index contributed by atoms with van der Waals surface area (Å²) in [5.74, 6) is -0.456. The van der Waals surface area contributed by atoms with E-state index < -0.39 is 0 Å². The maximum atomic E-state index is 13.7. The molecule has 4 aromatic carbocycles. The zero-order valence-electron chi connectivity index (χ0n) is 17.5. The minimum absolute atomic E-state index is 0.0595. The molecule has 1 unspecified atom stereocenters. The van der Waals surface area contributed by atoms with Gasteiger partial charge in [0.25, 0.3) is 0 Å². The lowest BCUT2D eigenvalue weighted by molar-refractivity contribution is 0.0978. The third-order valence-corrected chi connectivity index (χ3v) is 5.91. The highest BCUT2D eigenvalue weighted by Gasteiger charge is 2.26. The molecule has 0 bridgehead atoms. The van der Waals surface area contributed by atoms with Crippen molar-refractivity contribution in [2.24, 2.45) is 0 Å². The number of fused-ring (bicyclic) bond motifs is 1. The Morgan fingerprint density at radius 1 is 0.750 bits per heavy atom. The van der Waals surface area contributed by atoms with Crippen LogP contribution in [-0.4, -0.2) is 10.8 Å². The molecule has 5 rings (SSSR count). The minimum atomic E-state index is -0.288. The SMILES string of the molecule is O=C(CC(c1ccc(F)cc1)c1c(-c2ccccc2)[nH]c2ccccc12)c1ccccc1. The van der Waals surface area contributed by atoms with E-state index in [1.165, 1.54) is 12.1 Å². The van der Waals surface area contributed by atoms with Gasteiger partial charge in [-0.15, -0.1) is 0 Å². The highest BCUT2D eigenvalue weighted by atomic mass is 19.1. The molecule has 0 amide bonds. The van der Waals surface area contributed by atoms with E-state index >= 15 is 0 Å². The van der Waals surface area contributed by atoms with Crippen LogP contribution >= 0.6 is 0 Å². The Hall–Kier alpha value is -3.98. The number of hydrogen-bond acceptors (Lipinski definition) is 1. The molecule has 0 aliphatic carbocycles. The van der Waals surface area contributed by atoms with Crippen LogP contribution in [0.2, 0.25) is 0 Å². The molecular weight excluding hydrogens is 397 g/mol. The molecule has 1 N–H and O–H groups in total. The highest BCUT2D eigenvalue weighted by Crippen LogP contribution is 2.41. The molecule has 0 spiro atoms. The largest absolute Gasteiger partial charge is 0.354 e. The van der Waals surface area contributed by atoms with E-state index in [0.29, 0.717) is 5.56 Å². The van der Waals surface area contributed by atoms with Crippen LogP contribution in [0.3, 0.4) is 0 Å². The van der Waals surface area contributed by atoms with Gasteiger partial charge in [0.05, 0.1) is 5.69 Å². The van der Waals surface area contributed by atoms with Crippen molar-refractivity contribution in [3.8, 4) is 11.3 Å². The van der Waals surface area contributed by atoms with Crippen LogP contribution in [0.4, 0.5) is 4.39 Å². The summed E-state index contributed by atoms with van der Waals surface area (Å²) in [6, 6.07) is 34.1. The number of nitrogens with one attached hydrogen (secondary N) is 1.